The molecular weight excluding hydrogens is 371 g/mol. The van der Waals surface area contributed by atoms with E-state index in [-0.39, 0.29) is 17.6 Å². The summed E-state index contributed by atoms with van der Waals surface area (Å²) in [6.07, 6.45) is -2.98. The van der Waals surface area contributed by atoms with Gasteiger partial charge in [0.15, 0.2) is 0 Å². The summed E-state index contributed by atoms with van der Waals surface area (Å²) in [7, 11) is 0. The predicted molar refractivity (Wildman–Crippen MR) is 87.4 cm³/mol. The number of alkyl halides is 5. The maximum atomic E-state index is 12.7. The van der Waals surface area contributed by atoms with Crippen LogP contribution in [0.4, 0.5) is 27.8 Å². The lowest BCUT2D eigenvalue weighted by atomic mass is 10.2. The quantitative estimate of drug-likeness (QED) is 0.764. The minimum Gasteiger partial charge on any atom is -0.434 e. The van der Waals surface area contributed by atoms with E-state index in [1.54, 1.807) is 18.2 Å². The highest BCUT2D eigenvalue weighted by molar-refractivity contribution is 5.37. The molecule has 0 radical (unpaired) electrons. The molecule has 1 unspecified atom stereocenters. The number of likely N-dealkylation sites (tertiary alicyclic amines) is 1. The Balaban J connectivity index is 1.60. The van der Waals surface area contributed by atoms with Crippen LogP contribution in [0, 0.1) is 0 Å². The molecular formula is C17H17F5N4O. The third-order valence-electron chi connectivity index (χ3n) is 4.16. The minimum absolute atomic E-state index is 0.102. The van der Waals surface area contributed by atoms with Crippen LogP contribution in [0.5, 0.6) is 5.75 Å². The molecule has 1 aliphatic heterocycles. The van der Waals surface area contributed by atoms with Crippen LogP contribution in [-0.2, 0) is 12.7 Å². The number of para-hydroxylation sites is 1. The molecule has 1 aromatic heterocycles. The Kier molecular flexibility index (Phi) is 5.73. The number of anilines is 1. The molecule has 2 heterocycles. The van der Waals surface area contributed by atoms with Gasteiger partial charge in [-0.3, -0.25) is 4.90 Å². The van der Waals surface area contributed by atoms with E-state index in [0.717, 1.165) is 12.4 Å². The number of nitrogens with zero attached hydrogens (tertiary/aromatic N) is 3. The zero-order chi connectivity index (χ0) is 19.4. The van der Waals surface area contributed by atoms with Gasteiger partial charge in [0.1, 0.15) is 23.6 Å². The van der Waals surface area contributed by atoms with E-state index < -0.39 is 18.5 Å². The van der Waals surface area contributed by atoms with Crippen LogP contribution in [0.25, 0.3) is 0 Å². The molecule has 0 bridgehead atoms. The number of aromatic nitrogens is 2. The molecule has 1 atom stereocenters. The van der Waals surface area contributed by atoms with Crippen molar-refractivity contribution >= 4 is 5.82 Å². The Morgan fingerprint density at radius 3 is 2.74 bits per heavy atom. The van der Waals surface area contributed by atoms with Crippen molar-refractivity contribution in [2.75, 3.05) is 18.4 Å². The van der Waals surface area contributed by atoms with Gasteiger partial charge in [-0.25, -0.2) is 9.97 Å². The fourth-order valence-electron chi connectivity index (χ4n) is 2.98. The van der Waals surface area contributed by atoms with Crippen LogP contribution < -0.4 is 10.1 Å². The second-order valence-electron chi connectivity index (χ2n) is 6.14. The van der Waals surface area contributed by atoms with E-state index in [0.29, 0.717) is 31.6 Å². The first-order valence-electron chi connectivity index (χ1n) is 8.22. The minimum atomic E-state index is -4.53. The molecule has 3 rings (SSSR count). The SMILES string of the molecule is FC(F)Oc1ccccc1CN1CCC(Nc2cc(C(F)(F)F)ncn2)C1. The Morgan fingerprint density at radius 2 is 2.00 bits per heavy atom. The van der Waals surface area contributed by atoms with Crippen LogP contribution in [0.1, 0.15) is 17.7 Å². The van der Waals surface area contributed by atoms with Gasteiger partial charge in [-0.15, -0.1) is 0 Å². The zero-order valence-electron chi connectivity index (χ0n) is 14.1. The highest BCUT2D eigenvalue weighted by atomic mass is 19.4. The second kappa shape index (κ2) is 8.03. The monoisotopic (exact) mass is 388 g/mol. The molecule has 1 aliphatic rings. The summed E-state index contributed by atoms with van der Waals surface area (Å²) in [6, 6.07) is 7.30. The Morgan fingerprint density at radius 1 is 1.22 bits per heavy atom. The van der Waals surface area contributed by atoms with E-state index >= 15 is 0 Å². The van der Waals surface area contributed by atoms with E-state index in [1.165, 1.54) is 6.07 Å². The molecule has 10 heteroatoms. The first kappa shape index (κ1) is 19.3. The third kappa shape index (κ3) is 5.25. The molecule has 27 heavy (non-hydrogen) atoms. The molecule has 0 aliphatic carbocycles. The van der Waals surface area contributed by atoms with Gasteiger partial charge < -0.3 is 10.1 Å². The predicted octanol–water partition coefficient (Wildman–Crippen LogP) is 3.78. The van der Waals surface area contributed by atoms with Gasteiger partial charge in [-0.05, 0) is 12.5 Å². The summed E-state index contributed by atoms with van der Waals surface area (Å²) in [4.78, 5) is 9.07. The van der Waals surface area contributed by atoms with E-state index in [4.69, 9.17) is 0 Å². The van der Waals surface area contributed by atoms with E-state index in [1.807, 2.05) is 4.90 Å². The molecule has 5 nitrogen and oxygen atoms in total. The fraction of sp³-hybridized carbons (Fsp3) is 0.412. The first-order valence-corrected chi connectivity index (χ1v) is 8.22. The second-order valence-corrected chi connectivity index (χ2v) is 6.14. The summed E-state index contributed by atoms with van der Waals surface area (Å²) >= 11 is 0. The van der Waals surface area contributed by atoms with Gasteiger partial charge in [-0.1, -0.05) is 18.2 Å². The summed E-state index contributed by atoms with van der Waals surface area (Å²) in [5, 5.41) is 2.97. The van der Waals surface area contributed by atoms with Crippen molar-refractivity contribution in [2.24, 2.45) is 0 Å². The Hall–Kier alpha value is -2.49. The Labute approximate surface area is 152 Å². The standard InChI is InChI=1S/C17H17F5N4O/c18-16(19)27-13-4-2-1-3-11(13)8-26-6-5-12(9-26)25-15-7-14(17(20,21)22)23-10-24-15/h1-4,7,10,12,16H,5-6,8-9H2,(H,23,24,25). The van der Waals surface area contributed by atoms with Crippen LogP contribution in [0.15, 0.2) is 36.7 Å². The molecule has 1 N–H and O–H groups in total. The highest BCUT2D eigenvalue weighted by Gasteiger charge is 2.33. The molecule has 0 saturated carbocycles. The zero-order valence-corrected chi connectivity index (χ0v) is 14.1. The van der Waals surface area contributed by atoms with Crippen LogP contribution >= 0.6 is 0 Å². The van der Waals surface area contributed by atoms with Crippen molar-refractivity contribution in [3.05, 3.63) is 47.9 Å². The van der Waals surface area contributed by atoms with E-state index in [2.05, 4.69) is 20.0 Å². The molecule has 0 spiro atoms. The number of ether oxygens (including phenoxy) is 1. The smallest absolute Gasteiger partial charge is 0.433 e. The van der Waals surface area contributed by atoms with Crippen molar-refractivity contribution in [3.8, 4) is 5.75 Å². The lowest BCUT2D eigenvalue weighted by Gasteiger charge is -2.19. The summed E-state index contributed by atoms with van der Waals surface area (Å²) in [6.45, 7) is -1.30. The van der Waals surface area contributed by atoms with Crippen molar-refractivity contribution in [1.29, 1.82) is 0 Å². The van der Waals surface area contributed by atoms with Crippen LogP contribution in [0.3, 0.4) is 0 Å². The number of nitrogens with one attached hydrogen (secondary N) is 1. The van der Waals surface area contributed by atoms with Gasteiger partial charge in [-0.2, -0.15) is 22.0 Å². The topological polar surface area (TPSA) is 50.3 Å². The number of hydrogen-bond acceptors (Lipinski definition) is 5. The van der Waals surface area contributed by atoms with Crippen LogP contribution in [-0.4, -0.2) is 40.6 Å². The van der Waals surface area contributed by atoms with E-state index in [9.17, 15) is 22.0 Å². The Bertz CT molecular complexity index is 771. The molecule has 1 saturated heterocycles. The summed E-state index contributed by atoms with van der Waals surface area (Å²) in [5.41, 5.74) is -0.382. The maximum absolute atomic E-state index is 12.7. The van der Waals surface area contributed by atoms with Crippen molar-refractivity contribution < 1.29 is 26.7 Å². The normalized spacial score (nSPS) is 18.1. The largest absolute Gasteiger partial charge is 0.434 e. The van der Waals surface area contributed by atoms with Crippen LogP contribution in [0.2, 0.25) is 0 Å². The van der Waals surface area contributed by atoms with Gasteiger partial charge >= 0.3 is 12.8 Å². The van der Waals surface area contributed by atoms with Crippen molar-refractivity contribution in [3.63, 3.8) is 0 Å². The fourth-order valence-corrected chi connectivity index (χ4v) is 2.98. The highest BCUT2D eigenvalue weighted by Crippen LogP contribution is 2.29. The van der Waals surface area contributed by atoms with Crippen molar-refractivity contribution in [1.82, 2.24) is 14.9 Å². The number of rotatable bonds is 6. The molecule has 2 aromatic rings. The summed E-state index contributed by atoms with van der Waals surface area (Å²) < 4.78 is 67.7. The number of halogens is 5. The average Bonchev–Trinajstić information content (AvgIpc) is 3.03. The molecule has 146 valence electrons. The lowest BCUT2D eigenvalue weighted by Crippen LogP contribution is -2.26. The van der Waals surface area contributed by atoms with Gasteiger partial charge in [0, 0.05) is 37.3 Å². The van der Waals surface area contributed by atoms with Crippen molar-refractivity contribution in [2.45, 2.75) is 31.8 Å². The third-order valence-corrected chi connectivity index (χ3v) is 4.16. The van der Waals surface area contributed by atoms with Gasteiger partial charge in [0.2, 0.25) is 0 Å². The lowest BCUT2D eigenvalue weighted by molar-refractivity contribution is -0.141. The number of benzene rings is 1. The summed E-state index contributed by atoms with van der Waals surface area (Å²) in [5.74, 6) is 0.222. The number of hydrogen-bond donors (Lipinski definition) is 1. The average molecular weight is 388 g/mol. The molecule has 1 aromatic carbocycles. The molecule has 0 amide bonds. The molecule has 1 fully saturated rings. The van der Waals surface area contributed by atoms with Gasteiger partial charge in [0.05, 0.1) is 0 Å². The maximum Gasteiger partial charge on any atom is 0.433 e. The van der Waals surface area contributed by atoms with Gasteiger partial charge in [0.25, 0.3) is 0 Å². The first-order chi connectivity index (χ1) is 12.8.